The summed E-state index contributed by atoms with van der Waals surface area (Å²) in [6.07, 6.45) is 2.65. The van der Waals surface area contributed by atoms with Crippen LogP contribution in [-0.2, 0) is 12.8 Å². The Morgan fingerprint density at radius 2 is 1.94 bits per heavy atom. The van der Waals surface area contributed by atoms with Gasteiger partial charge in [0.1, 0.15) is 5.82 Å². The minimum absolute atomic E-state index is 0.344. The lowest BCUT2D eigenvalue weighted by Gasteiger charge is -2.01. The van der Waals surface area contributed by atoms with Crippen LogP contribution >= 0.6 is 0 Å². The molecule has 0 saturated heterocycles. The fraction of sp³-hybridized carbons (Fsp3) is 0.167. The van der Waals surface area contributed by atoms with Crippen LogP contribution in [-0.4, -0.2) is 15.1 Å². The van der Waals surface area contributed by atoms with Gasteiger partial charge in [-0.15, -0.1) is 0 Å². The first kappa shape index (κ1) is 10.4. The van der Waals surface area contributed by atoms with Crippen molar-refractivity contribution >= 4 is 0 Å². The van der Waals surface area contributed by atoms with Crippen LogP contribution < -0.4 is 5.56 Å². The SMILES string of the molecule is O=c1[nH]c(CCc2ccccc2)ncc1O. The van der Waals surface area contributed by atoms with Gasteiger partial charge in [0.15, 0.2) is 5.75 Å². The van der Waals surface area contributed by atoms with Gasteiger partial charge in [0.25, 0.3) is 5.56 Å². The predicted octanol–water partition coefficient (Wildman–Crippen LogP) is 1.26. The lowest BCUT2D eigenvalue weighted by molar-refractivity contribution is 0.461. The monoisotopic (exact) mass is 216 g/mol. The van der Waals surface area contributed by atoms with Gasteiger partial charge < -0.3 is 10.1 Å². The molecule has 1 heterocycles. The molecule has 0 radical (unpaired) electrons. The molecule has 2 aromatic rings. The molecule has 0 bridgehead atoms. The number of nitrogens with zero attached hydrogens (tertiary/aromatic N) is 1. The van der Waals surface area contributed by atoms with Crippen LogP contribution in [0.25, 0.3) is 0 Å². The number of aromatic hydroxyl groups is 1. The zero-order valence-electron chi connectivity index (χ0n) is 8.68. The van der Waals surface area contributed by atoms with Crippen LogP contribution in [0.1, 0.15) is 11.4 Å². The van der Waals surface area contributed by atoms with E-state index in [2.05, 4.69) is 9.97 Å². The maximum atomic E-state index is 11.1. The number of aromatic nitrogens is 2. The summed E-state index contributed by atoms with van der Waals surface area (Å²) in [5.41, 5.74) is 0.705. The van der Waals surface area contributed by atoms with Crippen molar-refractivity contribution < 1.29 is 5.11 Å². The highest BCUT2D eigenvalue weighted by molar-refractivity contribution is 5.16. The molecule has 4 heteroatoms. The third kappa shape index (κ3) is 2.48. The molecule has 0 aliphatic heterocycles. The van der Waals surface area contributed by atoms with Crippen molar-refractivity contribution in [3.63, 3.8) is 0 Å². The van der Waals surface area contributed by atoms with Gasteiger partial charge in [0, 0.05) is 6.42 Å². The first-order chi connectivity index (χ1) is 7.75. The van der Waals surface area contributed by atoms with Crippen LogP contribution in [0.15, 0.2) is 41.3 Å². The molecule has 0 atom stereocenters. The van der Waals surface area contributed by atoms with E-state index in [1.807, 2.05) is 30.3 Å². The Morgan fingerprint density at radius 3 is 2.62 bits per heavy atom. The van der Waals surface area contributed by atoms with Crippen molar-refractivity contribution in [1.29, 1.82) is 0 Å². The summed E-state index contributed by atoms with van der Waals surface area (Å²) in [6.45, 7) is 0. The van der Waals surface area contributed by atoms with Crippen molar-refractivity contribution in [2.75, 3.05) is 0 Å². The van der Waals surface area contributed by atoms with Crippen molar-refractivity contribution in [3.8, 4) is 5.75 Å². The first-order valence-electron chi connectivity index (χ1n) is 5.07. The maximum Gasteiger partial charge on any atom is 0.293 e. The molecule has 0 saturated carbocycles. The minimum Gasteiger partial charge on any atom is -0.502 e. The number of hydrogen-bond donors (Lipinski definition) is 2. The standard InChI is InChI=1S/C12H12N2O2/c15-10-8-13-11(14-12(10)16)7-6-9-4-2-1-3-5-9/h1-5,8,15H,6-7H2,(H,13,14,16). The molecule has 0 aliphatic rings. The molecular formula is C12H12N2O2. The number of benzene rings is 1. The van der Waals surface area contributed by atoms with Gasteiger partial charge in [-0.1, -0.05) is 30.3 Å². The largest absolute Gasteiger partial charge is 0.502 e. The zero-order chi connectivity index (χ0) is 11.4. The Morgan fingerprint density at radius 1 is 1.19 bits per heavy atom. The van der Waals surface area contributed by atoms with Gasteiger partial charge in [-0.2, -0.15) is 0 Å². The number of aryl methyl sites for hydroxylation is 2. The number of hydrogen-bond acceptors (Lipinski definition) is 3. The molecular weight excluding hydrogens is 204 g/mol. The minimum atomic E-state index is -0.488. The Balaban J connectivity index is 2.05. The lowest BCUT2D eigenvalue weighted by atomic mass is 10.1. The summed E-state index contributed by atoms with van der Waals surface area (Å²) in [4.78, 5) is 17.6. The maximum absolute atomic E-state index is 11.1. The van der Waals surface area contributed by atoms with E-state index in [1.54, 1.807) is 0 Å². The molecule has 4 nitrogen and oxygen atoms in total. The summed E-state index contributed by atoms with van der Waals surface area (Å²) in [7, 11) is 0. The van der Waals surface area contributed by atoms with Crippen molar-refractivity contribution in [2.45, 2.75) is 12.8 Å². The lowest BCUT2D eigenvalue weighted by Crippen LogP contribution is -2.10. The number of H-pyrrole nitrogens is 1. The average Bonchev–Trinajstić information content (AvgIpc) is 2.32. The van der Waals surface area contributed by atoms with E-state index < -0.39 is 5.56 Å². The van der Waals surface area contributed by atoms with E-state index in [4.69, 9.17) is 5.11 Å². The molecule has 2 N–H and O–H groups in total. The summed E-state index contributed by atoms with van der Waals surface area (Å²) in [6, 6.07) is 9.96. The van der Waals surface area contributed by atoms with Crippen LogP contribution in [0.3, 0.4) is 0 Å². The van der Waals surface area contributed by atoms with E-state index in [9.17, 15) is 4.79 Å². The number of aromatic amines is 1. The van der Waals surface area contributed by atoms with Crippen molar-refractivity contribution in [1.82, 2.24) is 9.97 Å². The van der Waals surface area contributed by atoms with E-state index in [0.717, 1.165) is 6.42 Å². The highest BCUT2D eigenvalue weighted by Crippen LogP contribution is 2.03. The normalized spacial score (nSPS) is 10.2. The van der Waals surface area contributed by atoms with E-state index in [-0.39, 0.29) is 5.75 Å². The number of nitrogens with one attached hydrogen (secondary N) is 1. The summed E-state index contributed by atoms with van der Waals surface area (Å²) in [5, 5.41) is 9.02. The molecule has 2 rings (SSSR count). The third-order valence-corrected chi connectivity index (χ3v) is 2.33. The third-order valence-electron chi connectivity index (χ3n) is 2.33. The van der Waals surface area contributed by atoms with Gasteiger partial charge in [-0.25, -0.2) is 4.98 Å². The Bertz CT molecular complexity index is 520. The molecule has 1 aromatic carbocycles. The quantitative estimate of drug-likeness (QED) is 0.811. The van der Waals surface area contributed by atoms with Crippen LogP contribution in [0.2, 0.25) is 0 Å². The smallest absolute Gasteiger partial charge is 0.293 e. The second-order valence-electron chi connectivity index (χ2n) is 3.53. The molecule has 16 heavy (non-hydrogen) atoms. The highest BCUT2D eigenvalue weighted by Gasteiger charge is 2.00. The second-order valence-corrected chi connectivity index (χ2v) is 3.53. The van der Waals surface area contributed by atoms with E-state index in [0.29, 0.717) is 12.2 Å². The summed E-state index contributed by atoms with van der Waals surface area (Å²) < 4.78 is 0. The van der Waals surface area contributed by atoms with Crippen molar-refractivity contribution in [3.05, 3.63) is 58.3 Å². The Hall–Kier alpha value is -2.10. The molecule has 0 fully saturated rings. The molecule has 82 valence electrons. The first-order valence-corrected chi connectivity index (χ1v) is 5.07. The predicted molar refractivity (Wildman–Crippen MR) is 60.4 cm³/mol. The molecule has 0 unspecified atom stereocenters. The van der Waals surface area contributed by atoms with Gasteiger partial charge in [0.05, 0.1) is 6.20 Å². The van der Waals surface area contributed by atoms with Gasteiger partial charge in [-0.3, -0.25) is 4.79 Å². The molecule has 0 spiro atoms. The van der Waals surface area contributed by atoms with Gasteiger partial charge in [0.2, 0.25) is 0 Å². The van der Waals surface area contributed by atoms with Gasteiger partial charge in [-0.05, 0) is 12.0 Å². The molecule has 1 aromatic heterocycles. The number of rotatable bonds is 3. The fourth-order valence-electron chi connectivity index (χ4n) is 1.46. The van der Waals surface area contributed by atoms with Gasteiger partial charge >= 0.3 is 0 Å². The van der Waals surface area contributed by atoms with Crippen LogP contribution in [0, 0.1) is 0 Å². The second kappa shape index (κ2) is 4.61. The highest BCUT2D eigenvalue weighted by atomic mass is 16.3. The topological polar surface area (TPSA) is 66.0 Å². The average molecular weight is 216 g/mol. The summed E-state index contributed by atoms with van der Waals surface area (Å²) in [5.74, 6) is 0.245. The summed E-state index contributed by atoms with van der Waals surface area (Å²) >= 11 is 0. The van der Waals surface area contributed by atoms with E-state index in [1.165, 1.54) is 11.8 Å². The molecule has 0 amide bonds. The van der Waals surface area contributed by atoms with Crippen molar-refractivity contribution in [2.24, 2.45) is 0 Å². The Labute approximate surface area is 92.6 Å². The molecule has 0 aliphatic carbocycles. The van der Waals surface area contributed by atoms with Crippen LogP contribution in [0.4, 0.5) is 0 Å². The van der Waals surface area contributed by atoms with Crippen LogP contribution in [0.5, 0.6) is 5.75 Å². The Kier molecular flexibility index (Phi) is 3.00. The fourth-order valence-corrected chi connectivity index (χ4v) is 1.46. The van der Waals surface area contributed by atoms with E-state index >= 15 is 0 Å². The zero-order valence-corrected chi connectivity index (χ0v) is 8.68.